The van der Waals surface area contributed by atoms with E-state index in [1.54, 1.807) is 0 Å². The van der Waals surface area contributed by atoms with Gasteiger partial charge in [-0.05, 0) is 49.3 Å². The van der Waals surface area contributed by atoms with E-state index in [0.717, 1.165) is 45.1 Å². The van der Waals surface area contributed by atoms with Gasteiger partial charge in [0.2, 0.25) is 0 Å². The van der Waals surface area contributed by atoms with Crippen LogP contribution in [0, 0.1) is 0 Å². The van der Waals surface area contributed by atoms with Crippen LogP contribution in [0.1, 0.15) is 49.7 Å². The summed E-state index contributed by atoms with van der Waals surface area (Å²) in [6, 6.07) is 9.10. The molecule has 0 spiro atoms. The molecule has 2 rings (SSSR count). The van der Waals surface area contributed by atoms with Crippen LogP contribution < -0.4 is 5.32 Å². The largest absolute Gasteiger partial charge is 0.381 e. The Balaban J connectivity index is 1.55. The summed E-state index contributed by atoms with van der Waals surface area (Å²) in [5, 5.41) is 3.46. The Morgan fingerprint density at radius 1 is 1.17 bits per heavy atom. The summed E-state index contributed by atoms with van der Waals surface area (Å²) < 4.78 is 5.44. The lowest BCUT2D eigenvalue weighted by Gasteiger charge is -2.06. The maximum absolute atomic E-state index is 5.44. The fourth-order valence-electron chi connectivity index (χ4n) is 2.10. The van der Waals surface area contributed by atoms with E-state index in [1.807, 2.05) is 0 Å². The standard InChI is InChI=1S/C16H25NO/c1-2-11-18-12-3-10-17-13-14-4-6-15(7-5-14)16-8-9-16/h4-7,16-17H,2-3,8-13H2,1H3. The third-order valence-corrected chi connectivity index (χ3v) is 3.35. The molecule has 2 nitrogen and oxygen atoms in total. The molecular weight excluding hydrogens is 222 g/mol. The molecule has 0 amide bonds. The van der Waals surface area contributed by atoms with Gasteiger partial charge in [-0.3, -0.25) is 0 Å². The van der Waals surface area contributed by atoms with Crippen molar-refractivity contribution >= 4 is 0 Å². The SMILES string of the molecule is CCCOCCCNCc1ccc(C2CC2)cc1. The Bertz CT molecular complexity index is 329. The topological polar surface area (TPSA) is 21.3 Å². The first-order valence-corrected chi connectivity index (χ1v) is 7.27. The van der Waals surface area contributed by atoms with Crippen LogP contribution in [-0.4, -0.2) is 19.8 Å². The summed E-state index contributed by atoms with van der Waals surface area (Å²) in [5.74, 6) is 0.864. The lowest BCUT2D eigenvalue weighted by molar-refractivity contribution is 0.132. The van der Waals surface area contributed by atoms with Gasteiger partial charge in [0.15, 0.2) is 0 Å². The first-order valence-electron chi connectivity index (χ1n) is 7.27. The monoisotopic (exact) mass is 247 g/mol. The molecule has 0 unspecified atom stereocenters. The van der Waals surface area contributed by atoms with Gasteiger partial charge in [0.05, 0.1) is 0 Å². The molecule has 1 N–H and O–H groups in total. The van der Waals surface area contributed by atoms with Crippen molar-refractivity contribution in [3.8, 4) is 0 Å². The summed E-state index contributed by atoms with van der Waals surface area (Å²) >= 11 is 0. The number of hydrogen-bond donors (Lipinski definition) is 1. The minimum absolute atomic E-state index is 0.864. The van der Waals surface area contributed by atoms with Crippen LogP contribution in [0.2, 0.25) is 0 Å². The van der Waals surface area contributed by atoms with E-state index in [9.17, 15) is 0 Å². The fourth-order valence-corrected chi connectivity index (χ4v) is 2.10. The summed E-state index contributed by atoms with van der Waals surface area (Å²) in [6.45, 7) is 5.92. The van der Waals surface area contributed by atoms with E-state index in [2.05, 4.69) is 36.5 Å². The summed E-state index contributed by atoms with van der Waals surface area (Å²) in [4.78, 5) is 0. The molecule has 1 fully saturated rings. The van der Waals surface area contributed by atoms with Gasteiger partial charge in [0.25, 0.3) is 0 Å². The Hall–Kier alpha value is -0.860. The predicted molar refractivity (Wildman–Crippen MR) is 75.9 cm³/mol. The second kappa shape index (κ2) is 7.55. The molecule has 0 radical (unpaired) electrons. The zero-order valence-electron chi connectivity index (χ0n) is 11.5. The Kier molecular flexibility index (Phi) is 5.69. The molecule has 1 aromatic carbocycles. The van der Waals surface area contributed by atoms with E-state index in [-0.39, 0.29) is 0 Å². The van der Waals surface area contributed by atoms with Crippen molar-refractivity contribution in [2.45, 2.75) is 45.1 Å². The molecule has 2 heteroatoms. The van der Waals surface area contributed by atoms with Crippen molar-refractivity contribution in [1.82, 2.24) is 5.32 Å². The molecule has 100 valence electrons. The fraction of sp³-hybridized carbons (Fsp3) is 0.625. The van der Waals surface area contributed by atoms with Crippen molar-refractivity contribution in [2.24, 2.45) is 0 Å². The number of benzene rings is 1. The van der Waals surface area contributed by atoms with Gasteiger partial charge in [-0.2, -0.15) is 0 Å². The summed E-state index contributed by atoms with van der Waals surface area (Å²) in [7, 11) is 0. The van der Waals surface area contributed by atoms with Crippen LogP contribution in [0.3, 0.4) is 0 Å². The van der Waals surface area contributed by atoms with Gasteiger partial charge in [0, 0.05) is 19.8 Å². The highest BCUT2D eigenvalue weighted by molar-refractivity contribution is 5.27. The lowest BCUT2D eigenvalue weighted by Crippen LogP contribution is -2.16. The van der Waals surface area contributed by atoms with Gasteiger partial charge in [0.1, 0.15) is 0 Å². The highest BCUT2D eigenvalue weighted by atomic mass is 16.5. The van der Waals surface area contributed by atoms with Crippen LogP contribution in [0.15, 0.2) is 24.3 Å². The smallest absolute Gasteiger partial charge is 0.0478 e. The van der Waals surface area contributed by atoms with Crippen LogP contribution >= 0.6 is 0 Å². The van der Waals surface area contributed by atoms with Crippen molar-refractivity contribution in [3.63, 3.8) is 0 Å². The number of rotatable bonds is 9. The van der Waals surface area contributed by atoms with Crippen LogP contribution in [0.25, 0.3) is 0 Å². The summed E-state index contributed by atoms with van der Waals surface area (Å²) in [5.41, 5.74) is 2.90. The normalized spacial score (nSPS) is 14.9. The van der Waals surface area contributed by atoms with E-state index in [1.165, 1.54) is 24.0 Å². The quantitative estimate of drug-likeness (QED) is 0.675. The predicted octanol–water partition coefficient (Wildman–Crippen LogP) is 3.47. The minimum Gasteiger partial charge on any atom is -0.381 e. The maximum atomic E-state index is 5.44. The van der Waals surface area contributed by atoms with Gasteiger partial charge in [-0.15, -0.1) is 0 Å². The van der Waals surface area contributed by atoms with E-state index in [4.69, 9.17) is 4.74 Å². The van der Waals surface area contributed by atoms with E-state index in [0.29, 0.717) is 0 Å². The Morgan fingerprint density at radius 2 is 1.94 bits per heavy atom. The average Bonchev–Trinajstić information content (AvgIpc) is 3.23. The molecule has 18 heavy (non-hydrogen) atoms. The molecule has 1 aromatic rings. The van der Waals surface area contributed by atoms with Crippen LogP contribution in [-0.2, 0) is 11.3 Å². The molecule has 1 aliphatic carbocycles. The third kappa shape index (κ3) is 4.79. The number of hydrogen-bond acceptors (Lipinski definition) is 2. The lowest BCUT2D eigenvalue weighted by atomic mass is 10.1. The molecule has 1 aliphatic rings. The minimum atomic E-state index is 0.864. The summed E-state index contributed by atoms with van der Waals surface area (Å²) in [6.07, 6.45) is 4.98. The molecule has 1 saturated carbocycles. The second-order valence-electron chi connectivity index (χ2n) is 5.16. The van der Waals surface area contributed by atoms with Gasteiger partial charge >= 0.3 is 0 Å². The zero-order valence-corrected chi connectivity index (χ0v) is 11.5. The molecule has 0 atom stereocenters. The second-order valence-corrected chi connectivity index (χ2v) is 5.16. The Morgan fingerprint density at radius 3 is 2.61 bits per heavy atom. The van der Waals surface area contributed by atoms with Gasteiger partial charge in [-0.25, -0.2) is 0 Å². The van der Waals surface area contributed by atoms with E-state index < -0.39 is 0 Å². The first kappa shape index (κ1) is 13.6. The maximum Gasteiger partial charge on any atom is 0.0478 e. The Labute approximate surface area is 111 Å². The van der Waals surface area contributed by atoms with Crippen LogP contribution in [0.4, 0.5) is 0 Å². The molecule has 0 aliphatic heterocycles. The molecule has 0 aromatic heterocycles. The van der Waals surface area contributed by atoms with Crippen molar-refractivity contribution < 1.29 is 4.74 Å². The molecular formula is C16H25NO. The van der Waals surface area contributed by atoms with Crippen molar-refractivity contribution in [1.29, 1.82) is 0 Å². The number of nitrogens with one attached hydrogen (secondary N) is 1. The molecule has 0 saturated heterocycles. The highest BCUT2D eigenvalue weighted by Gasteiger charge is 2.22. The molecule has 0 bridgehead atoms. The van der Waals surface area contributed by atoms with Crippen molar-refractivity contribution in [2.75, 3.05) is 19.8 Å². The number of ether oxygens (including phenoxy) is 1. The van der Waals surface area contributed by atoms with Crippen LogP contribution in [0.5, 0.6) is 0 Å². The zero-order chi connectivity index (χ0) is 12.6. The van der Waals surface area contributed by atoms with Crippen molar-refractivity contribution in [3.05, 3.63) is 35.4 Å². The van der Waals surface area contributed by atoms with E-state index >= 15 is 0 Å². The third-order valence-electron chi connectivity index (χ3n) is 3.35. The highest BCUT2D eigenvalue weighted by Crippen LogP contribution is 2.39. The van der Waals surface area contributed by atoms with Gasteiger partial charge < -0.3 is 10.1 Å². The average molecular weight is 247 g/mol. The first-order chi connectivity index (χ1) is 8.90. The van der Waals surface area contributed by atoms with Gasteiger partial charge in [-0.1, -0.05) is 31.2 Å². The molecule has 0 heterocycles.